The van der Waals surface area contributed by atoms with Crippen molar-refractivity contribution in [3.63, 3.8) is 0 Å². The van der Waals surface area contributed by atoms with Crippen molar-refractivity contribution in [3.05, 3.63) is 102 Å². The van der Waals surface area contributed by atoms with Gasteiger partial charge in [-0.2, -0.15) is 0 Å². The molecule has 212 valence electrons. The van der Waals surface area contributed by atoms with Crippen LogP contribution in [-0.2, 0) is 4.74 Å². The second kappa shape index (κ2) is 14.2. The van der Waals surface area contributed by atoms with Gasteiger partial charge in [0.1, 0.15) is 0 Å². The van der Waals surface area contributed by atoms with Crippen molar-refractivity contribution in [2.24, 2.45) is 0 Å². The van der Waals surface area contributed by atoms with Crippen LogP contribution in [0.2, 0.25) is 0 Å². The molecule has 2 aliphatic heterocycles. The molecular weight excluding hydrogens is 498 g/mol. The van der Waals surface area contributed by atoms with Crippen LogP contribution in [0, 0.1) is 0 Å². The summed E-state index contributed by atoms with van der Waals surface area (Å²) in [5.74, 6) is 0.191. The summed E-state index contributed by atoms with van der Waals surface area (Å²) in [6, 6.07) is 17.3. The normalized spacial score (nSPS) is 18.2. The SMILES string of the molecule is C=C/C=C(\C=C/COC1(CCC)CCN(C(=O)c2ccccc2)CC1)c1ccc(C(=O)N2CCN(C)CC2)cc1. The highest BCUT2D eigenvalue weighted by atomic mass is 16.5. The molecule has 2 aromatic rings. The molecule has 2 aliphatic rings. The van der Waals surface area contributed by atoms with Crippen LogP contribution in [0.15, 0.2) is 85.5 Å². The van der Waals surface area contributed by atoms with Crippen molar-refractivity contribution in [1.82, 2.24) is 14.7 Å². The van der Waals surface area contributed by atoms with Gasteiger partial charge in [-0.3, -0.25) is 9.59 Å². The van der Waals surface area contributed by atoms with E-state index in [-0.39, 0.29) is 17.4 Å². The highest BCUT2D eigenvalue weighted by molar-refractivity contribution is 5.95. The Morgan fingerprint density at radius 2 is 1.43 bits per heavy atom. The minimum Gasteiger partial charge on any atom is -0.371 e. The van der Waals surface area contributed by atoms with E-state index in [1.54, 1.807) is 6.08 Å². The van der Waals surface area contributed by atoms with Gasteiger partial charge in [0.2, 0.25) is 0 Å². The molecule has 6 heteroatoms. The molecule has 0 atom stereocenters. The molecule has 2 aromatic carbocycles. The molecule has 2 fully saturated rings. The van der Waals surface area contributed by atoms with Gasteiger partial charge in [-0.15, -0.1) is 0 Å². The standard InChI is InChI=1S/C34H43N3O3/c1-4-10-28(29-14-16-31(17-15-29)33(39)37-25-23-35(3)24-26-37)13-9-27-40-34(18-5-2)19-21-36(22-20-34)32(38)30-11-7-6-8-12-30/h4,6-17H,1,5,18-27H2,2-3H3/b13-9-,28-10+. The highest BCUT2D eigenvalue weighted by Crippen LogP contribution is 2.32. The summed E-state index contributed by atoms with van der Waals surface area (Å²) in [4.78, 5) is 31.9. The number of piperazine rings is 1. The van der Waals surface area contributed by atoms with Gasteiger partial charge in [-0.25, -0.2) is 0 Å². The maximum absolute atomic E-state index is 12.9. The van der Waals surface area contributed by atoms with Crippen molar-refractivity contribution in [2.75, 3.05) is 52.9 Å². The zero-order chi connectivity index (χ0) is 28.4. The predicted octanol–water partition coefficient (Wildman–Crippen LogP) is 5.69. The van der Waals surface area contributed by atoms with Crippen LogP contribution in [-0.4, -0.2) is 85.0 Å². The molecule has 2 amide bonds. The number of amides is 2. The smallest absolute Gasteiger partial charge is 0.253 e. The molecule has 0 aliphatic carbocycles. The van der Waals surface area contributed by atoms with Gasteiger partial charge in [0, 0.05) is 50.4 Å². The highest BCUT2D eigenvalue weighted by Gasteiger charge is 2.36. The molecule has 0 aromatic heterocycles. The number of hydrogen-bond donors (Lipinski definition) is 0. The Kier molecular flexibility index (Phi) is 10.5. The number of carbonyl (C=O) groups excluding carboxylic acids is 2. The Hall–Kier alpha value is -3.48. The molecule has 0 unspecified atom stereocenters. The van der Waals surface area contributed by atoms with Crippen LogP contribution >= 0.6 is 0 Å². The van der Waals surface area contributed by atoms with Crippen molar-refractivity contribution in [2.45, 2.75) is 38.2 Å². The maximum Gasteiger partial charge on any atom is 0.253 e. The van der Waals surface area contributed by atoms with Crippen LogP contribution in [0.5, 0.6) is 0 Å². The molecule has 0 saturated carbocycles. The number of allylic oxidation sites excluding steroid dienone is 4. The van der Waals surface area contributed by atoms with Crippen molar-refractivity contribution in [1.29, 1.82) is 0 Å². The number of hydrogen-bond acceptors (Lipinski definition) is 4. The minimum atomic E-state index is -0.208. The molecule has 0 radical (unpaired) electrons. The fraction of sp³-hybridized carbons (Fsp3) is 0.412. The first-order chi connectivity index (χ1) is 19.4. The molecular formula is C34H43N3O3. The molecule has 6 nitrogen and oxygen atoms in total. The fourth-order valence-corrected chi connectivity index (χ4v) is 5.58. The van der Waals surface area contributed by atoms with E-state index in [4.69, 9.17) is 4.74 Å². The van der Waals surface area contributed by atoms with Crippen LogP contribution in [0.25, 0.3) is 5.57 Å². The summed E-state index contributed by atoms with van der Waals surface area (Å²) < 4.78 is 6.50. The van der Waals surface area contributed by atoms with E-state index in [0.717, 1.165) is 74.1 Å². The van der Waals surface area contributed by atoms with E-state index in [2.05, 4.69) is 37.6 Å². The number of carbonyl (C=O) groups is 2. The first-order valence-electron chi connectivity index (χ1n) is 14.5. The number of likely N-dealkylation sites (tertiary alicyclic amines) is 1. The van der Waals surface area contributed by atoms with Crippen LogP contribution in [0.1, 0.15) is 58.9 Å². The Labute approximate surface area is 239 Å². The van der Waals surface area contributed by atoms with Gasteiger partial charge >= 0.3 is 0 Å². The molecule has 2 heterocycles. The summed E-state index contributed by atoms with van der Waals surface area (Å²) in [6.45, 7) is 11.3. The zero-order valence-electron chi connectivity index (χ0n) is 24.1. The average molecular weight is 542 g/mol. The summed E-state index contributed by atoms with van der Waals surface area (Å²) in [6.07, 6.45) is 11.6. The Morgan fingerprint density at radius 3 is 2.02 bits per heavy atom. The van der Waals surface area contributed by atoms with E-state index in [1.165, 1.54) is 0 Å². The Morgan fingerprint density at radius 1 is 0.850 bits per heavy atom. The van der Waals surface area contributed by atoms with E-state index in [0.29, 0.717) is 19.7 Å². The van der Waals surface area contributed by atoms with Crippen molar-refractivity contribution >= 4 is 17.4 Å². The predicted molar refractivity (Wildman–Crippen MR) is 162 cm³/mol. The average Bonchev–Trinajstić information content (AvgIpc) is 2.99. The number of likely N-dealkylation sites (N-methyl/N-ethyl adjacent to an activating group) is 1. The molecule has 0 spiro atoms. The molecule has 0 bridgehead atoms. The first kappa shape index (κ1) is 29.5. The van der Waals surface area contributed by atoms with Gasteiger partial charge in [0.15, 0.2) is 0 Å². The third-order valence-electron chi connectivity index (χ3n) is 8.02. The Bertz CT molecular complexity index is 1190. The van der Waals surface area contributed by atoms with Gasteiger partial charge in [0.05, 0.1) is 12.2 Å². The Balaban J connectivity index is 1.33. The maximum atomic E-state index is 12.9. The van der Waals surface area contributed by atoms with Gasteiger partial charge in [-0.1, -0.05) is 74.6 Å². The van der Waals surface area contributed by atoms with Crippen LogP contribution < -0.4 is 0 Å². The second-order valence-electron chi connectivity index (χ2n) is 10.8. The lowest BCUT2D eigenvalue weighted by molar-refractivity contribution is -0.0740. The van der Waals surface area contributed by atoms with E-state index in [9.17, 15) is 9.59 Å². The van der Waals surface area contributed by atoms with Gasteiger partial charge in [-0.05, 0) is 61.7 Å². The lowest BCUT2D eigenvalue weighted by Crippen LogP contribution is -2.48. The lowest BCUT2D eigenvalue weighted by atomic mass is 9.86. The summed E-state index contributed by atoms with van der Waals surface area (Å²) >= 11 is 0. The largest absolute Gasteiger partial charge is 0.371 e. The van der Waals surface area contributed by atoms with Gasteiger partial charge < -0.3 is 19.4 Å². The second-order valence-corrected chi connectivity index (χ2v) is 10.8. The van der Waals surface area contributed by atoms with Crippen LogP contribution in [0.3, 0.4) is 0 Å². The fourth-order valence-electron chi connectivity index (χ4n) is 5.58. The van der Waals surface area contributed by atoms with Crippen LogP contribution in [0.4, 0.5) is 0 Å². The number of rotatable bonds is 10. The summed E-state index contributed by atoms with van der Waals surface area (Å²) in [5, 5.41) is 0. The number of benzene rings is 2. The number of nitrogens with zero attached hydrogens (tertiary/aromatic N) is 3. The van der Waals surface area contributed by atoms with E-state index in [1.807, 2.05) is 70.5 Å². The topological polar surface area (TPSA) is 53.1 Å². The molecule has 2 saturated heterocycles. The van der Waals surface area contributed by atoms with Crippen molar-refractivity contribution in [3.8, 4) is 0 Å². The molecule has 40 heavy (non-hydrogen) atoms. The van der Waals surface area contributed by atoms with E-state index < -0.39 is 0 Å². The molecule has 4 rings (SSSR count). The summed E-state index contributed by atoms with van der Waals surface area (Å²) in [5.41, 5.74) is 3.30. The quantitative estimate of drug-likeness (QED) is 0.363. The number of ether oxygens (including phenoxy) is 1. The lowest BCUT2D eigenvalue weighted by Gasteiger charge is -2.41. The third-order valence-corrected chi connectivity index (χ3v) is 8.02. The summed E-state index contributed by atoms with van der Waals surface area (Å²) in [7, 11) is 2.09. The first-order valence-corrected chi connectivity index (χ1v) is 14.5. The van der Waals surface area contributed by atoms with Crippen molar-refractivity contribution < 1.29 is 14.3 Å². The zero-order valence-corrected chi connectivity index (χ0v) is 24.1. The molecule has 0 N–H and O–H groups in total. The minimum absolute atomic E-state index is 0.0931. The number of piperidine rings is 1. The monoisotopic (exact) mass is 541 g/mol. The van der Waals surface area contributed by atoms with Gasteiger partial charge in [0.25, 0.3) is 11.8 Å². The third kappa shape index (κ3) is 7.58. The van der Waals surface area contributed by atoms with E-state index >= 15 is 0 Å².